The molecule has 1 rings (SSSR count). The van der Waals surface area contributed by atoms with E-state index in [1.807, 2.05) is 6.07 Å². The first-order valence-corrected chi connectivity index (χ1v) is 6.50. The van der Waals surface area contributed by atoms with Crippen LogP contribution in [-0.2, 0) is 0 Å². The van der Waals surface area contributed by atoms with E-state index in [4.69, 9.17) is 16.1 Å². The lowest BCUT2D eigenvalue weighted by Gasteiger charge is -2.02. The summed E-state index contributed by atoms with van der Waals surface area (Å²) in [6, 6.07) is 5.52. The zero-order valence-corrected chi connectivity index (χ0v) is 11.8. The van der Waals surface area contributed by atoms with Crippen molar-refractivity contribution in [1.82, 2.24) is 0 Å². The Morgan fingerprint density at radius 1 is 1.44 bits per heavy atom. The largest absolute Gasteiger partial charge is 0.397 e. The number of nitrogens with zero attached hydrogens (tertiary/aromatic N) is 1. The van der Waals surface area contributed by atoms with Crippen LogP contribution in [0.4, 0.5) is 5.69 Å². The van der Waals surface area contributed by atoms with Gasteiger partial charge in [0.05, 0.1) is 17.4 Å². The molecule has 3 nitrogen and oxygen atoms in total. The first-order chi connectivity index (χ1) is 8.54. The van der Waals surface area contributed by atoms with Gasteiger partial charge in [0.15, 0.2) is 0 Å². The summed E-state index contributed by atoms with van der Waals surface area (Å²) in [6.45, 7) is 1.76. The Morgan fingerprint density at radius 3 is 2.72 bits per heavy atom. The van der Waals surface area contributed by atoms with E-state index in [1.54, 1.807) is 19.1 Å². The van der Waals surface area contributed by atoms with E-state index in [0.29, 0.717) is 23.2 Å². The quantitative estimate of drug-likeness (QED) is 0.512. The van der Waals surface area contributed by atoms with Gasteiger partial charge in [-0.1, -0.05) is 27.8 Å². The summed E-state index contributed by atoms with van der Waals surface area (Å²) in [7, 11) is 0. The van der Waals surface area contributed by atoms with Gasteiger partial charge in [-0.25, -0.2) is 0 Å². The fourth-order valence-corrected chi connectivity index (χ4v) is 1.92. The molecule has 0 saturated heterocycles. The number of rotatable bonds is 3. The molecule has 1 atom stereocenters. The summed E-state index contributed by atoms with van der Waals surface area (Å²) in [4.78, 5) is 0. The minimum atomic E-state index is -0.284. The number of unbranched alkanes of at least 4 members (excludes halogenated alkanes) is 1. The number of aliphatic hydroxyl groups is 1. The Labute approximate surface area is 116 Å². The SMILES string of the molecule is C[C@@H](O)CCCC#Cc1cc(Br)cc(C#N)c1N. The number of nitrogen functional groups attached to an aromatic ring is 1. The van der Waals surface area contributed by atoms with Crippen LogP contribution in [0.1, 0.15) is 37.3 Å². The van der Waals surface area contributed by atoms with E-state index >= 15 is 0 Å². The van der Waals surface area contributed by atoms with Crippen LogP contribution in [-0.4, -0.2) is 11.2 Å². The average Bonchev–Trinajstić information content (AvgIpc) is 2.32. The van der Waals surface area contributed by atoms with Crippen LogP contribution < -0.4 is 5.73 Å². The summed E-state index contributed by atoms with van der Waals surface area (Å²) in [5, 5.41) is 18.0. The maximum Gasteiger partial charge on any atom is 0.101 e. The van der Waals surface area contributed by atoms with E-state index in [0.717, 1.165) is 17.3 Å². The molecular weight excluding hydrogens is 292 g/mol. The van der Waals surface area contributed by atoms with E-state index < -0.39 is 0 Å². The van der Waals surface area contributed by atoms with E-state index in [1.165, 1.54) is 0 Å². The monoisotopic (exact) mass is 306 g/mol. The summed E-state index contributed by atoms with van der Waals surface area (Å²) in [6.07, 6.45) is 2.02. The Morgan fingerprint density at radius 2 is 2.11 bits per heavy atom. The third-order valence-corrected chi connectivity index (χ3v) is 2.87. The topological polar surface area (TPSA) is 70.0 Å². The molecular formula is C14H15BrN2O. The molecule has 0 fully saturated rings. The first kappa shape index (κ1) is 14.6. The molecule has 0 aliphatic heterocycles. The van der Waals surface area contributed by atoms with Crippen LogP contribution in [0.2, 0.25) is 0 Å². The molecule has 3 N–H and O–H groups in total. The summed E-state index contributed by atoms with van der Waals surface area (Å²) >= 11 is 3.32. The predicted octanol–water partition coefficient (Wildman–Crippen LogP) is 2.81. The third-order valence-electron chi connectivity index (χ3n) is 2.41. The number of halogens is 1. The maximum absolute atomic E-state index is 9.11. The van der Waals surface area contributed by atoms with Crippen molar-refractivity contribution in [3.05, 3.63) is 27.7 Å². The average molecular weight is 307 g/mol. The Hall–Kier alpha value is -1.49. The molecule has 0 radical (unpaired) electrons. The van der Waals surface area contributed by atoms with Gasteiger partial charge in [-0.2, -0.15) is 5.26 Å². The van der Waals surface area contributed by atoms with Gasteiger partial charge in [-0.15, -0.1) is 0 Å². The zero-order chi connectivity index (χ0) is 13.5. The van der Waals surface area contributed by atoms with Gasteiger partial charge >= 0.3 is 0 Å². The lowest BCUT2D eigenvalue weighted by Crippen LogP contribution is -1.97. The molecule has 0 heterocycles. The highest BCUT2D eigenvalue weighted by Gasteiger charge is 2.04. The molecule has 0 unspecified atom stereocenters. The number of nitrogens with two attached hydrogens (primary N) is 1. The molecule has 1 aromatic carbocycles. The van der Waals surface area contributed by atoms with Crippen molar-refractivity contribution >= 4 is 21.6 Å². The fourth-order valence-electron chi connectivity index (χ4n) is 1.46. The number of nitriles is 1. The molecule has 94 valence electrons. The second kappa shape index (κ2) is 7.06. The lowest BCUT2D eigenvalue weighted by molar-refractivity contribution is 0.182. The molecule has 0 spiro atoms. The molecule has 0 amide bonds. The van der Waals surface area contributed by atoms with Gasteiger partial charge in [-0.3, -0.25) is 0 Å². The molecule has 0 aliphatic carbocycles. The highest BCUT2D eigenvalue weighted by Crippen LogP contribution is 2.22. The van der Waals surface area contributed by atoms with Crippen molar-refractivity contribution in [2.75, 3.05) is 5.73 Å². The Kier molecular flexibility index (Phi) is 5.71. The highest BCUT2D eigenvalue weighted by atomic mass is 79.9. The second-order valence-electron chi connectivity index (χ2n) is 4.07. The van der Waals surface area contributed by atoms with Crippen molar-refractivity contribution < 1.29 is 5.11 Å². The molecule has 0 bridgehead atoms. The molecule has 0 aliphatic rings. The maximum atomic E-state index is 9.11. The van der Waals surface area contributed by atoms with Crippen LogP contribution in [0, 0.1) is 23.2 Å². The zero-order valence-electron chi connectivity index (χ0n) is 10.2. The van der Waals surface area contributed by atoms with Crippen molar-refractivity contribution in [2.24, 2.45) is 0 Å². The van der Waals surface area contributed by atoms with E-state index in [-0.39, 0.29) is 6.10 Å². The van der Waals surface area contributed by atoms with Gasteiger partial charge in [0.1, 0.15) is 6.07 Å². The van der Waals surface area contributed by atoms with Gasteiger partial charge in [0.2, 0.25) is 0 Å². The number of hydrogen-bond acceptors (Lipinski definition) is 3. The number of anilines is 1. The Balaban J connectivity index is 2.76. The van der Waals surface area contributed by atoms with Crippen LogP contribution in [0.15, 0.2) is 16.6 Å². The molecule has 18 heavy (non-hydrogen) atoms. The first-order valence-electron chi connectivity index (χ1n) is 5.70. The van der Waals surface area contributed by atoms with Crippen molar-refractivity contribution in [3.8, 4) is 17.9 Å². The van der Waals surface area contributed by atoms with Crippen LogP contribution in [0.25, 0.3) is 0 Å². The summed E-state index contributed by atoms with van der Waals surface area (Å²) in [5.74, 6) is 5.97. The summed E-state index contributed by atoms with van der Waals surface area (Å²) in [5.41, 5.74) is 7.35. The van der Waals surface area contributed by atoms with Gasteiger partial charge < -0.3 is 10.8 Å². The normalized spacial score (nSPS) is 11.2. The standard InChI is InChI=1S/C14H15BrN2O/c1-10(18)5-3-2-4-6-11-7-13(15)8-12(9-16)14(11)17/h7-8,10,18H,2-3,5,17H2,1H3/t10-/m1/s1. The molecule has 4 heteroatoms. The Bertz CT molecular complexity index is 521. The smallest absolute Gasteiger partial charge is 0.101 e. The number of hydrogen-bond donors (Lipinski definition) is 2. The predicted molar refractivity (Wildman–Crippen MR) is 75.7 cm³/mol. The molecule has 0 aromatic heterocycles. The molecule has 0 saturated carbocycles. The second-order valence-corrected chi connectivity index (χ2v) is 4.99. The molecule has 1 aromatic rings. The van der Waals surface area contributed by atoms with Crippen LogP contribution >= 0.6 is 15.9 Å². The number of benzene rings is 1. The minimum Gasteiger partial charge on any atom is -0.397 e. The van der Waals surface area contributed by atoms with Crippen LogP contribution in [0.3, 0.4) is 0 Å². The van der Waals surface area contributed by atoms with Gasteiger partial charge in [0, 0.05) is 16.5 Å². The van der Waals surface area contributed by atoms with Crippen molar-refractivity contribution in [3.63, 3.8) is 0 Å². The summed E-state index contributed by atoms with van der Waals surface area (Å²) < 4.78 is 0.793. The van der Waals surface area contributed by atoms with Gasteiger partial charge in [-0.05, 0) is 31.9 Å². The van der Waals surface area contributed by atoms with Crippen molar-refractivity contribution in [2.45, 2.75) is 32.3 Å². The van der Waals surface area contributed by atoms with E-state index in [2.05, 4.69) is 27.8 Å². The fraction of sp³-hybridized carbons (Fsp3) is 0.357. The lowest BCUT2D eigenvalue weighted by atomic mass is 10.1. The van der Waals surface area contributed by atoms with E-state index in [9.17, 15) is 0 Å². The van der Waals surface area contributed by atoms with Crippen molar-refractivity contribution in [1.29, 1.82) is 5.26 Å². The number of aliphatic hydroxyl groups excluding tert-OH is 1. The minimum absolute atomic E-state index is 0.284. The third kappa shape index (κ3) is 4.41. The highest BCUT2D eigenvalue weighted by molar-refractivity contribution is 9.10. The van der Waals surface area contributed by atoms with Crippen LogP contribution in [0.5, 0.6) is 0 Å². The van der Waals surface area contributed by atoms with Gasteiger partial charge in [0.25, 0.3) is 0 Å².